The van der Waals surface area contributed by atoms with Crippen LogP contribution < -0.4 is 10.1 Å². The fraction of sp³-hybridized carbons (Fsp3) is 0.304. The van der Waals surface area contributed by atoms with Crippen LogP contribution in [-0.4, -0.2) is 27.4 Å². The van der Waals surface area contributed by atoms with E-state index in [-0.39, 0.29) is 12.5 Å². The molecule has 170 valence electrons. The van der Waals surface area contributed by atoms with Crippen molar-refractivity contribution >= 4 is 11.7 Å². The molecule has 9 heteroatoms. The standard InChI is InChI=1S/C23H24F3N3O3/c1-2-3-20(16-4-6-17(7-5-16)27-14-12-22(30)31)32-19-10-8-18(9-11-19)29-15-13-21(28-29)23(24,25)26/h4-11,13,15,20,27H,2-3,12,14H2,1H3,(H,30,31). The smallest absolute Gasteiger partial charge is 0.435 e. The molecule has 0 aliphatic heterocycles. The third kappa shape index (κ3) is 6.26. The van der Waals surface area contributed by atoms with Crippen LogP contribution in [0.25, 0.3) is 5.69 Å². The lowest BCUT2D eigenvalue weighted by Crippen LogP contribution is -2.09. The van der Waals surface area contributed by atoms with E-state index < -0.39 is 17.8 Å². The van der Waals surface area contributed by atoms with E-state index in [2.05, 4.69) is 17.3 Å². The first-order valence-electron chi connectivity index (χ1n) is 10.2. The van der Waals surface area contributed by atoms with Gasteiger partial charge in [0.25, 0.3) is 0 Å². The minimum absolute atomic E-state index is 0.0371. The Kier molecular flexibility index (Phi) is 7.40. The number of carboxylic acids is 1. The monoisotopic (exact) mass is 447 g/mol. The Morgan fingerprint density at radius 1 is 1.12 bits per heavy atom. The molecule has 0 fully saturated rings. The Morgan fingerprint density at radius 2 is 1.81 bits per heavy atom. The predicted molar refractivity (Wildman–Crippen MR) is 114 cm³/mol. The van der Waals surface area contributed by atoms with Gasteiger partial charge in [0, 0.05) is 18.4 Å². The largest absolute Gasteiger partial charge is 0.486 e. The van der Waals surface area contributed by atoms with E-state index in [1.54, 1.807) is 24.3 Å². The average molecular weight is 447 g/mol. The SMILES string of the molecule is CCCC(Oc1ccc(-n2ccc(C(F)(F)F)n2)cc1)c1ccc(NCCC(=O)O)cc1. The van der Waals surface area contributed by atoms with Gasteiger partial charge in [0.1, 0.15) is 11.9 Å². The predicted octanol–water partition coefficient (Wildman–Crippen LogP) is 5.70. The van der Waals surface area contributed by atoms with Gasteiger partial charge in [-0.3, -0.25) is 4.79 Å². The number of hydrogen-bond donors (Lipinski definition) is 2. The number of benzene rings is 2. The Bertz CT molecular complexity index is 1020. The molecule has 2 aromatic carbocycles. The topological polar surface area (TPSA) is 76.4 Å². The van der Waals surface area contributed by atoms with Gasteiger partial charge in [-0.25, -0.2) is 4.68 Å². The number of halogens is 3. The van der Waals surface area contributed by atoms with Crippen LogP contribution in [0.1, 0.15) is 43.5 Å². The third-order valence-corrected chi connectivity index (χ3v) is 4.76. The Morgan fingerprint density at radius 3 is 2.38 bits per heavy atom. The molecule has 1 heterocycles. The van der Waals surface area contributed by atoms with Gasteiger partial charge in [0.15, 0.2) is 5.69 Å². The molecule has 32 heavy (non-hydrogen) atoms. The summed E-state index contributed by atoms with van der Waals surface area (Å²) in [7, 11) is 0. The lowest BCUT2D eigenvalue weighted by Gasteiger charge is -2.20. The highest BCUT2D eigenvalue weighted by atomic mass is 19.4. The second-order valence-corrected chi connectivity index (χ2v) is 7.22. The molecule has 1 atom stereocenters. The van der Waals surface area contributed by atoms with Crippen molar-refractivity contribution in [2.24, 2.45) is 0 Å². The summed E-state index contributed by atoms with van der Waals surface area (Å²) in [4.78, 5) is 10.6. The summed E-state index contributed by atoms with van der Waals surface area (Å²) < 4.78 is 45.6. The van der Waals surface area contributed by atoms with Crippen LogP contribution in [0.15, 0.2) is 60.8 Å². The van der Waals surface area contributed by atoms with Crippen molar-refractivity contribution < 1.29 is 27.8 Å². The number of rotatable bonds is 10. The van der Waals surface area contributed by atoms with Gasteiger partial charge in [-0.15, -0.1) is 0 Å². The third-order valence-electron chi connectivity index (χ3n) is 4.76. The van der Waals surface area contributed by atoms with Gasteiger partial charge in [0.05, 0.1) is 12.1 Å². The summed E-state index contributed by atoms with van der Waals surface area (Å²) in [5.74, 6) is -0.260. The zero-order chi connectivity index (χ0) is 23.1. The van der Waals surface area contributed by atoms with E-state index in [0.29, 0.717) is 18.0 Å². The molecule has 0 aliphatic carbocycles. The molecule has 0 bridgehead atoms. The number of nitrogens with one attached hydrogen (secondary N) is 1. The van der Waals surface area contributed by atoms with Crippen molar-refractivity contribution in [3.8, 4) is 11.4 Å². The Balaban J connectivity index is 1.67. The second-order valence-electron chi connectivity index (χ2n) is 7.22. The average Bonchev–Trinajstić information content (AvgIpc) is 3.25. The Hall–Kier alpha value is -3.49. The first-order valence-corrected chi connectivity index (χ1v) is 10.2. The van der Waals surface area contributed by atoms with E-state index in [1.165, 1.54) is 10.9 Å². The molecule has 0 aliphatic rings. The summed E-state index contributed by atoms with van der Waals surface area (Å²) in [6, 6.07) is 15.3. The van der Waals surface area contributed by atoms with Crippen LogP contribution in [0.4, 0.5) is 18.9 Å². The van der Waals surface area contributed by atoms with Crippen LogP contribution in [0.5, 0.6) is 5.75 Å². The molecule has 2 N–H and O–H groups in total. The van der Waals surface area contributed by atoms with Crippen LogP contribution in [0.3, 0.4) is 0 Å². The number of ether oxygens (including phenoxy) is 1. The van der Waals surface area contributed by atoms with Gasteiger partial charge in [-0.2, -0.15) is 18.3 Å². The van der Waals surface area contributed by atoms with E-state index in [9.17, 15) is 18.0 Å². The summed E-state index contributed by atoms with van der Waals surface area (Å²) in [5.41, 5.74) is 1.35. The maximum Gasteiger partial charge on any atom is 0.435 e. The quantitative estimate of drug-likeness (QED) is 0.417. The summed E-state index contributed by atoms with van der Waals surface area (Å²) in [6.07, 6.45) is -1.69. The van der Waals surface area contributed by atoms with Crippen LogP contribution >= 0.6 is 0 Å². The van der Waals surface area contributed by atoms with Crippen molar-refractivity contribution in [1.82, 2.24) is 9.78 Å². The van der Waals surface area contributed by atoms with Crippen molar-refractivity contribution in [3.63, 3.8) is 0 Å². The summed E-state index contributed by atoms with van der Waals surface area (Å²) in [6.45, 7) is 2.40. The Labute approximate surface area is 183 Å². The van der Waals surface area contributed by atoms with Crippen LogP contribution in [0, 0.1) is 0 Å². The highest BCUT2D eigenvalue weighted by molar-refractivity contribution is 5.67. The van der Waals surface area contributed by atoms with Gasteiger partial charge in [-0.05, 0) is 54.4 Å². The molecule has 3 aromatic rings. The zero-order valence-electron chi connectivity index (χ0n) is 17.5. The van der Waals surface area contributed by atoms with Crippen molar-refractivity contribution in [2.45, 2.75) is 38.5 Å². The number of alkyl halides is 3. The summed E-state index contributed by atoms with van der Waals surface area (Å²) >= 11 is 0. The molecule has 0 amide bonds. The molecule has 0 radical (unpaired) electrons. The maximum atomic E-state index is 12.8. The number of nitrogens with zero attached hydrogens (tertiary/aromatic N) is 2. The number of aromatic nitrogens is 2. The molecule has 1 aromatic heterocycles. The van der Waals surface area contributed by atoms with Crippen LogP contribution in [-0.2, 0) is 11.0 Å². The van der Waals surface area contributed by atoms with Gasteiger partial charge in [-0.1, -0.05) is 25.5 Å². The van der Waals surface area contributed by atoms with Gasteiger partial charge in [0.2, 0.25) is 0 Å². The molecule has 0 saturated carbocycles. The highest BCUT2D eigenvalue weighted by Crippen LogP contribution is 2.29. The van der Waals surface area contributed by atoms with Crippen molar-refractivity contribution in [1.29, 1.82) is 0 Å². The number of hydrogen-bond acceptors (Lipinski definition) is 4. The van der Waals surface area contributed by atoms with E-state index >= 15 is 0 Å². The lowest BCUT2D eigenvalue weighted by atomic mass is 10.0. The minimum Gasteiger partial charge on any atom is -0.486 e. The second kappa shape index (κ2) is 10.2. The van der Waals surface area contributed by atoms with Crippen LogP contribution in [0.2, 0.25) is 0 Å². The van der Waals surface area contributed by atoms with E-state index in [0.717, 1.165) is 30.2 Å². The molecule has 6 nitrogen and oxygen atoms in total. The molecular weight excluding hydrogens is 423 g/mol. The first-order chi connectivity index (χ1) is 15.3. The molecule has 0 saturated heterocycles. The maximum absolute atomic E-state index is 12.8. The van der Waals surface area contributed by atoms with Gasteiger partial charge < -0.3 is 15.2 Å². The number of carbonyl (C=O) groups is 1. The zero-order valence-corrected chi connectivity index (χ0v) is 17.5. The number of anilines is 1. The molecule has 3 rings (SSSR count). The normalized spacial score (nSPS) is 12.4. The summed E-state index contributed by atoms with van der Waals surface area (Å²) in [5, 5.41) is 15.3. The number of aliphatic carboxylic acids is 1. The molecular formula is C23H24F3N3O3. The van der Waals surface area contributed by atoms with Crippen molar-refractivity contribution in [3.05, 3.63) is 72.1 Å². The highest BCUT2D eigenvalue weighted by Gasteiger charge is 2.33. The minimum atomic E-state index is -4.48. The number of carboxylic acid groups (broad SMARTS) is 1. The fourth-order valence-electron chi connectivity index (χ4n) is 3.15. The van der Waals surface area contributed by atoms with E-state index in [1.807, 2.05) is 24.3 Å². The molecule has 0 spiro atoms. The van der Waals surface area contributed by atoms with E-state index in [4.69, 9.17) is 9.84 Å². The lowest BCUT2D eigenvalue weighted by molar-refractivity contribution is -0.141. The van der Waals surface area contributed by atoms with Crippen molar-refractivity contribution in [2.75, 3.05) is 11.9 Å². The van der Waals surface area contributed by atoms with Gasteiger partial charge >= 0.3 is 12.1 Å². The fourth-order valence-corrected chi connectivity index (χ4v) is 3.15. The first kappa shape index (κ1) is 23.2. The molecule has 1 unspecified atom stereocenters.